The van der Waals surface area contributed by atoms with Crippen molar-refractivity contribution in [1.29, 1.82) is 0 Å². The molecule has 1 aromatic carbocycles. The molecule has 4 nitrogen and oxygen atoms in total. The lowest BCUT2D eigenvalue weighted by Gasteiger charge is -2.10. The third-order valence-electron chi connectivity index (χ3n) is 2.74. The molecule has 0 aliphatic carbocycles. The molecule has 0 bridgehead atoms. The van der Waals surface area contributed by atoms with Gasteiger partial charge in [0.2, 0.25) is 5.91 Å². The maximum Gasteiger partial charge on any atom is 0.248 e. The van der Waals surface area contributed by atoms with E-state index in [4.69, 9.17) is 16.2 Å². The highest BCUT2D eigenvalue weighted by molar-refractivity contribution is 7.99. The minimum Gasteiger partial charge on any atom is -0.398 e. The molecule has 17 heavy (non-hydrogen) atoms. The summed E-state index contributed by atoms with van der Waals surface area (Å²) >= 11 is 1.66. The normalized spacial score (nSPS) is 19.4. The van der Waals surface area contributed by atoms with Gasteiger partial charge in [-0.15, -0.1) is 11.8 Å². The van der Waals surface area contributed by atoms with Crippen molar-refractivity contribution >= 4 is 23.4 Å². The number of anilines is 1. The number of benzene rings is 1. The molecule has 1 amide bonds. The van der Waals surface area contributed by atoms with Gasteiger partial charge in [-0.3, -0.25) is 4.79 Å². The van der Waals surface area contributed by atoms with E-state index >= 15 is 0 Å². The zero-order valence-corrected chi connectivity index (χ0v) is 10.3. The number of rotatable bonds is 4. The Balaban J connectivity index is 1.98. The smallest absolute Gasteiger partial charge is 0.248 e. The molecule has 1 aliphatic heterocycles. The quantitative estimate of drug-likeness (QED) is 0.630. The Kier molecular flexibility index (Phi) is 3.91. The van der Waals surface area contributed by atoms with Gasteiger partial charge in [0.15, 0.2) is 0 Å². The first kappa shape index (κ1) is 12.3. The number of carbonyl (C=O) groups is 1. The Morgan fingerprint density at radius 3 is 2.94 bits per heavy atom. The fourth-order valence-electron chi connectivity index (χ4n) is 1.79. The molecular weight excluding hydrogens is 236 g/mol. The Morgan fingerprint density at radius 2 is 2.35 bits per heavy atom. The lowest BCUT2D eigenvalue weighted by molar-refractivity contribution is 0.1000. The summed E-state index contributed by atoms with van der Waals surface area (Å²) in [4.78, 5) is 11.9. The Labute approximate surface area is 105 Å². The van der Waals surface area contributed by atoms with E-state index in [0.717, 1.165) is 30.1 Å². The summed E-state index contributed by atoms with van der Waals surface area (Å²) in [5, 5.41) is 0. The van der Waals surface area contributed by atoms with E-state index < -0.39 is 5.91 Å². The van der Waals surface area contributed by atoms with Crippen LogP contribution in [0.5, 0.6) is 0 Å². The van der Waals surface area contributed by atoms with Gasteiger partial charge in [0.05, 0.1) is 6.10 Å². The molecule has 92 valence electrons. The summed E-state index contributed by atoms with van der Waals surface area (Å²) < 4.78 is 5.54. The second-order valence-corrected chi connectivity index (χ2v) is 5.12. The van der Waals surface area contributed by atoms with Gasteiger partial charge in [-0.1, -0.05) is 0 Å². The summed E-state index contributed by atoms with van der Waals surface area (Å²) in [6.45, 7) is 0.862. The van der Waals surface area contributed by atoms with Crippen molar-refractivity contribution in [2.75, 3.05) is 18.1 Å². The van der Waals surface area contributed by atoms with Crippen LogP contribution in [0, 0.1) is 0 Å². The average Bonchev–Trinajstić information content (AvgIpc) is 2.80. The minimum absolute atomic E-state index is 0.329. The first-order valence-corrected chi connectivity index (χ1v) is 6.59. The average molecular weight is 252 g/mol. The number of hydrogen-bond acceptors (Lipinski definition) is 4. The molecule has 1 atom stereocenters. The van der Waals surface area contributed by atoms with Crippen LogP contribution in [0.25, 0.3) is 0 Å². The lowest BCUT2D eigenvalue weighted by Crippen LogP contribution is -2.11. The van der Waals surface area contributed by atoms with Gasteiger partial charge in [0.25, 0.3) is 0 Å². The molecule has 1 heterocycles. The number of carbonyl (C=O) groups excluding carboxylic acids is 1. The fraction of sp³-hybridized carbons (Fsp3) is 0.417. The molecular formula is C12H16N2O2S. The van der Waals surface area contributed by atoms with Crippen molar-refractivity contribution in [1.82, 2.24) is 0 Å². The van der Waals surface area contributed by atoms with Crippen LogP contribution < -0.4 is 11.5 Å². The van der Waals surface area contributed by atoms with E-state index in [1.54, 1.807) is 23.9 Å². The maximum absolute atomic E-state index is 11.0. The largest absolute Gasteiger partial charge is 0.398 e. The predicted molar refractivity (Wildman–Crippen MR) is 69.1 cm³/mol. The molecule has 5 heteroatoms. The van der Waals surface area contributed by atoms with Crippen LogP contribution in [0.15, 0.2) is 23.1 Å². The summed E-state index contributed by atoms with van der Waals surface area (Å²) in [5.41, 5.74) is 12.1. The summed E-state index contributed by atoms with van der Waals surface area (Å²) in [6.07, 6.45) is 2.59. The van der Waals surface area contributed by atoms with E-state index in [1.165, 1.54) is 0 Å². The molecule has 1 unspecified atom stereocenters. The number of amides is 1. The van der Waals surface area contributed by atoms with Gasteiger partial charge in [-0.05, 0) is 31.0 Å². The van der Waals surface area contributed by atoms with Gasteiger partial charge in [0.1, 0.15) is 0 Å². The fourth-order valence-corrected chi connectivity index (χ4v) is 2.81. The molecule has 1 saturated heterocycles. The van der Waals surface area contributed by atoms with Gasteiger partial charge in [-0.2, -0.15) is 0 Å². The van der Waals surface area contributed by atoms with Crippen LogP contribution >= 0.6 is 11.8 Å². The highest BCUT2D eigenvalue weighted by Crippen LogP contribution is 2.28. The second-order valence-electron chi connectivity index (χ2n) is 4.06. The van der Waals surface area contributed by atoms with Crippen molar-refractivity contribution < 1.29 is 9.53 Å². The van der Waals surface area contributed by atoms with Crippen molar-refractivity contribution in [2.45, 2.75) is 23.8 Å². The number of ether oxygens (including phenoxy) is 1. The van der Waals surface area contributed by atoms with Gasteiger partial charge in [0, 0.05) is 28.5 Å². The molecule has 2 rings (SSSR count). The second kappa shape index (κ2) is 5.42. The third-order valence-corrected chi connectivity index (χ3v) is 3.96. The van der Waals surface area contributed by atoms with Crippen LogP contribution in [0.1, 0.15) is 23.2 Å². The van der Waals surface area contributed by atoms with E-state index in [2.05, 4.69) is 0 Å². The number of nitrogens with two attached hydrogens (primary N) is 2. The Hall–Kier alpha value is -1.20. The van der Waals surface area contributed by atoms with Crippen molar-refractivity contribution in [3.8, 4) is 0 Å². The predicted octanol–water partition coefficient (Wildman–Crippen LogP) is 1.64. The maximum atomic E-state index is 11.0. The summed E-state index contributed by atoms with van der Waals surface area (Å²) in [7, 11) is 0. The Morgan fingerprint density at radius 1 is 1.53 bits per heavy atom. The van der Waals surface area contributed by atoms with Crippen LogP contribution in [-0.2, 0) is 4.74 Å². The zero-order chi connectivity index (χ0) is 12.3. The molecule has 1 fully saturated rings. The molecule has 1 aromatic rings. The number of thioether (sulfide) groups is 1. The third kappa shape index (κ3) is 3.14. The van der Waals surface area contributed by atoms with Crippen molar-refractivity contribution in [2.24, 2.45) is 5.73 Å². The minimum atomic E-state index is -0.452. The standard InChI is InChI=1S/C12H16N2O2S/c13-10-6-8(12(14)15)3-4-11(10)17-7-9-2-1-5-16-9/h3-4,6,9H,1-2,5,7,13H2,(H2,14,15). The van der Waals surface area contributed by atoms with E-state index in [-0.39, 0.29) is 0 Å². The van der Waals surface area contributed by atoms with Crippen LogP contribution in [0.4, 0.5) is 5.69 Å². The molecule has 0 saturated carbocycles. The van der Waals surface area contributed by atoms with Crippen molar-refractivity contribution in [3.63, 3.8) is 0 Å². The van der Waals surface area contributed by atoms with Crippen LogP contribution in [0.3, 0.4) is 0 Å². The summed E-state index contributed by atoms with van der Waals surface area (Å²) in [6, 6.07) is 5.17. The first-order valence-electron chi connectivity index (χ1n) is 5.60. The van der Waals surface area contributed by atoms with Crippen LogP contribution in [-0.4, -0.2) is 24.4 Å². The van der Waals surface area contributed by atoms with E-state index in [9.17, 15) is 4.79 Å². The molecule has 1 aliphatic rings. The van der Waals surface area contributed by atoms with Gasteiger partial charge < -0.3 is 16.2 Å². The van der Waals surface area contributed by atoms with Gasteiger partial charge in [-0.25, -0.2) is 0 Å². The molecule has 0 radical (unpaired) electrons. The molecule has 4 N–H and O–H groups in total. The van der Waals surface area contributed by atoms with Crippen molar-refractivity contribution in [3.05, 3.63) is 23.8 Å². The monoisotopic (exact) mass is 252 g/mol. The SMILES string of the molecule is NC(=O)c1ccc(SCC2CCCO2)c(N)c1. The molecule has 0 spiro atoms. The zero-order valence-electron chi connectivity index (χ0n) is 9.52. The van der Waals surface area contributed by atoms with Gasteiger partial charge >= 0.3 is 0 Å². The lowest BCUT2D eigenvalue weighted by atomic mass is 10.2. The Bertz CT molecular complexity index is 417. The highest BCUT2D eigenvalue weighted by Gasteiger charge is 2.16. The molecule has 0 aromatic heterocycles. The number of hydrogen-bond donors (Lipinski definition) is 2. The number of nitrogen functional groups attached to an aromatic ring is 1. The number of primary amides is 1. The van der Waals surface area contributed by atoms with Crippen LogP contribution in [0.2, 0.25) is 0 Å². The highest BCUT2D eigenvalue weighted by atomic mass is 32.2. The first-order chi connectivity index (χ1) is 8.16. The van der Waals surface area contributed by atoms with E-state index in [0.29, 0.717) is 17.4 Å². The summed E-state index contributed by atoms with van der Waals surface area (Å²) in [5.74, 6) is 0.451. The van der Waals surface area contributed by atoms with E-state index in [1.807, 2.05) is 6.07 Å². The topological polar surface area (TPSA) is 78.3 Å².